The summed E-state index contributed by atoms with van der Waals surface area (Å²) in [7, 11) is 0. The lowest BCUT2D eigenvalue weighted by Gasteiger charge is -2.26. The van der Waals surface area contributed by atoms with Gasteiger partial charge in [0.1, 0.15) is 0 Å². The molecule has 2 rings (SSSR count). The molecule has 1 N–H and O–H groups in total. The van der Waals surface area contributed by atoms with Crippen molar-refractivity contribution in [1.82, 2.24) is 0 Å². The molecule has 0 saturated heterocycles. The number of anilines is 1. The Kier molecular flexibility index (Phi) is 6.29. The standard InChI is InChI=1S/C20H25NO2/c1-4-23-20(22)14-7-16-5-10-18(11-6-16)21-19-12-8-17(9-13-19)15(2)3/h5-6,8,10-12,15,17,19,21H,4,9,13H2,1-3H3. The number of carbonyl (C=O) groups is 1. The lowest BCUT2D eigenvalue weighted by atomic mass is 9.85. The number of ether oxygens (including phenoxy) is 1. The highest BCUT2D eigenvalue weighted by Crippen LogP contribution is 2.26. The van der Waals surface area contributed by atoms with Gasteiger partial charge in [-0.15, -0.1) is 0 Å². The van der Waals surface area contributed by atoms with E-state index in [4.69, 9.17) is 4.74 Å². The molecule has 0 radical (unpaired) electrons. The fraction of sp³-hybridized carbons (Fsp3) is 0.450. The van der Waals surface area contributed by atoms with Gasteiger partial charge in [0.2, 0.25) is 0 Å². The second-order valence-electron chi connectivity index (χ2n) is 6.17. The van der Waals surface area contributed by atoms with Crippen molar-refractivity contribution in [3.63, 3.8) is 0 Å². The Labute approximate surface area is 139 Å². The summed E-state index contributed by atoms with van der Waals surface area (Å²) in [5.41, 5.74) is 1.88. The molecule has 1 aromatic carbocycles. The van der Waals surface area contributed by atoms with Gasteiger partial charge in [0.15, 0.2) is 0 Å². The first kappa shape index (κ1) is 17.1. The normalized spacial score (nSPS) is 19.8. The number of nitrogens with one attached hydrogen (secondary N) is 1. The number of rotatable bonds is 4. The van der Waals surface area contributed by atoms with Crippen LogP contribution in [-0.2, 0) is 9.53 Å². The molecule has 2 unspecified atom stereocenters. The first-order valence-electron chi connectivity index (χ1n) is 8.32. The summed E-state index contributed by atoms with van der Waals surface area (Å²) in [6.45, 7) is 6.67. The average Bonchev–Trinajstić information content (AvgIpc) is 2.55. The fourth-order valence-corrected chi connectivity index (χ4v) is 2.67. The third kappa shape index (κ3) is 5.49. The minimum Gasteiger partial charge on any atom is -0.456 e. The molecule has 3 nitrogen and oxygen atoms in total. The van der Waals surface area contributed by atoms with Crippen LogP contribution in [0, 0.1) is 23.7 Å². The van der Waals surface area contributed by atoms with E-state index in [1.54, 1.807) is 6.92 Å². The summed E-state index contributed by atoms with van der Waals surface area (Å²) < 4.78 is 4.78. The van der Waals surface area contributed by atoms with Crippen LogP contribution >= 0.6 is 0 Å². The third-order valence-electron chi connectivity index (χ3n) is 4.08. The van der Waals surface area contributed by atoms with Gasteiger partial charge in [-0.1, -0.05) is 31.9 Å². The highest BCUT2D eigenvalue weighted by molar-refractivity contribution is 5.89. The molecule has 0 aliphatic heterocycles. The molecular weight excluding hydrogens is 286 g/mol. The van der Waals surface area contributed by atoms with Gasteiger partial charge in [0.05, 0.1) is 6.61 Å². The van der Waals surface area contributed by atoms with Crippen molar-refractivity contribution >= 4 is 11.7 Å². The van der Waals surface area contributed by atoms with E-state index in [0.717, 1.165) is 17.7 Å². The minimum absolute atomic E-state index is 0.350. The first-order chi connectivity index (χ1) is 11.1. The molecule has 122 valence electrons. The molecule has 0 bridgehead atoms. The van der Waals surface area contributed by atoms with Crippen molar-refractivity contribution in [1.29, 1.82) is 0 Å². The van der Waals surface area contributed by atoms with Crippen LogP contribution < -0.4 is 5.32 Å². The van der Waals surface area contributed by atoms with Crippen LogP contribution in [0.5, 0.6) is 0 Å². The van der Waals surface area contributed by atoms with Crippen LogP contribution in [0.25, 0.3) is 0 Å². The Morgan fingerprint density at radius 3 is 2.57 bits per heavy atom. The monoisotopic (exact) mass is 311 g/mol. The van der Waals surface area contributed by atoms with Crippen molar-refractivity contribution in [2.75, 3.05) is 11.9 Å². The molecule has 0 spiro atoms. The van der Waals surface area contributed by atoms with Crippen LogP contribution in [0.1, 0.15) is 39.2 Å². The zero-order valence-corrected chi connectivity index (χ0v) is 14.1. The zero-order valence-electron chi connectivity index (χ0n) is 14.1. The SMILES string of the molecule is CCOC(=O)C#Cc1ccc(NC2C=CC(C(C)C)CC2)cc1. The Morgan fingerprint density at radius 1 is 1.26 bits per heavy atom. The molecular formula is C20H25NO2. The summed E-state index contributed by atoms with van der Waals surface area (Å²) in [4.78, 5) is 11.2. The van der Waals surface area contributed by atoms with Gasteiger partial charge in [-0.25, -0.2) is 4.79 Å². The number of hydrogen-bond acceptors (Lipinski definition) is 3. The lowest BCUT2D eigenvalue weighted by Crippen LogP contribution is -2.23. The van der Waals surface area contributed by atoms with Gasteiger partial charge in [-0.3, -0.25) is 0 Å². The third-order valence-corrected chi connectivity index (χ3v) is 4.08. The number of carbonyl (C=O) groups excluding carboxylic acids is 1. The van der Waals surface area contributed by atoms with Crippen LogP contribution in [0.4, 0.5) is 5.69 Å². The van der Waals surface area contributed by atoms with Crippen LogP contribution in [-0.4, -0.2) is 18.6 Å². The summed E-state index contributed by atoms with van der Waals surface area (Å²) in [6.07, 6.45) is 7.01. The molecule has 0 aromatic heterocycles. The maximum atomic E-state index is 11.2. The summed E-state index contributed by atoms with van der Waals surface area (Å²) in [5.74, 6) is 6.22. The maximum absolute atomic E-state index is 11.2. The topological polar surface area (TPSA) is 38.3 Å². The van der Waals surface area contributed by atoms with Gasteiger partial charge in [0.25, 0.3) is 0 Å². The second-order valence-corrected chi connectivity index (χ2v) is 6.17. The fourth-order valence-electron chi connectivity index (χ4n) is 2.67. The molecule has 1 aliphatic carbocycles. The van der Waals surface area contributed by atoms with Crippen LogP contribution in [0.15, 0.2) is 36.4 Å². The van der Waals surface area contributed by atoms with E-state index in [9.17, 15) is 4.79 Å². The Bertz CT molecular complexity index is 605. The average molecular weight is 311 g/mol. The predicted octanol–water partition coefficient (Wildman–Crippen LogP) is 4.00. The molecule has 3 heteroatoms. The number of hydrogen-bond donors (Lipinski definition) is 1. The van der Waals surface area contributed by atoms with Crippen molar-refractivity contribution in [3.05, 3.63) is 42.0 Å². The molecule has 0 heterocycles. The van der Waals surface area contributed by atoms with E-state index in [0.29, 0.717) is 24.5 Å². The van der Waals surface area contributed by atoms with Crippen LogP contribution in [0.2, 0.25) is 0 Å². The van der Waals surface area contributed by atoms with Gasteiger partial charge >= 0.3 is 5.97 Å². The van der Waals surface area contributed by atoms with E-state index < -0.39 is 5.97 Å². The minimum atomic E-state index is -0.484. The molecule has 0 amide bonds. The van der Waals surface area contributed by atoms with Crippen molar-refractivity contribution < 1.29 is 9.53 Å². The van der Waals surface area contributed by atoms with Crippen molar-refractivity contribution in [2.45, 2.75) is 39.7 Å². The van der Waals surface area contributed by atoms with Crippen LogP contribution in [0.3, 0.4) is 0 Å². The molecule has 1 aromatic rings. The Hall–Kier alpha value is -2.21. The Morgan fingerprint density at radius 2 is 2.00 bits per heavy atom. The summed E-state index contributed by atoms with van der Waals surface area (Å²) in [6, 6.07) is 8.21. The van der Waals surface area contributed by atoms with E-state index in [1.807, 2.05) is 24.3 Å². The quantitative estimate of drug-likeness (QED) is 0.519. The predicted molar refractivity (Wildman–Crippen MR) is 94.1 cm³/mol. The van der Waals surface area contributed by atoms with Gasteiger partial charge in [-0.05, 0) is 55.9 Å². The zero-order chi connectivity index (χ0) is 16.7. The summed E-state index contributed by atoms with van der Waals surface area (Å²) >= 11 is 0. The van der Waals surface area contributed by atoms with E-state index in [1.165, 1.54) is 6.42 Å². The Balaban J connectivity index is 1.91. The number of allylic oxidation sites excluding steroid dienone is 1. The molecule has 1 aliphatic rings. The number of benzene rings is 1. The maximum Gasteiger partial charge on any atom is 0.384 e. The molecule has 23 heavy (non-hydrogen) atoms. The second kappa shape index (κ2) is 8.43. The lowest BCUT2D eigenvalue weighted by molar-refractivity contribution is -0.136. The van der Waals surface area contributed by atoms with Crippen molar-refractivity contribution in [2.24, 2.45) is 11.8 Å². The highest BCUT2D eigenvalue weighted by atomic mass is 16.5. The largest absolute Gasteiger partial charge is 0.456 e. The first-order valence-corrected chi connectivity index (χ1v) is 8.32. The van der Waals surface area contributed by atoms with Crippen molar-refractivity contribution in [3.8, 4) is 11.8 Å². The summed E-state index contributed by atoms with van der Waals surface area (Å²) in [5, 5.41) is 3.53. The molecule has 0 fully saturated rings. The molecule has 2 atom stereocenters. The van der Waals surface area contributed by atoms with E-state index >= 15 is 0 Å². The van der Waals surface area contributed by atoms with E-state index in [2.05, 4.69) is 43.2 Å². The molecule has 0 saturated carbocycles. The number of esters is 1. The van der Waals surface area contributed by atoms with Gasteiger partial charge in [0, 0.05) is 23.2 Å². The highest BCUT2D eigenvalue weighted by Gasteiger charge is 2.17. The van der Waals surface area contributed by atoms with Gasteiger partial charge < -0.3 is 10.1 Å². The van der Waals surface area contributed by atoms with Gasteiger partial charge in [-0.2, -0.15) is 0 Å². The van der Waals surface area contributed by atoms with E-state index in [-0.39, 0.29) is 0 Å². The smallest absolute Gasteiger partial charge is 0.384 e.